The van der Waals surface area contributed by atoms with E-state index in [2.05, 4.69) is 15.2 Å². The van der Waals surface area contributed by atoms with Gasteiger partial charge in [0, 0.05) is 25.8 Å². The van der Waals surface area contributed by atoms with Crippen LogP contribution in [0.4, 0.5) is 14.6 Å². The number of carbonyl (C=O) groups is 1. The standard InChI is InChI=1S/C17H17F2N3O/c18-13-4-3-5-14(19)16(13)17(23)21-11-12-6-7-20-15(10-12)22-8-1-2-9-22/h3-7,10H,1-2,8-9,11H2,(H,21,23). The second-order valence-electron chi connectivity index (χ2n) is 5.50. The minimum atomic E-state index is -0.866. The molecule has 6 heteroatoms. The number of carbonyl (C=O) groups excluding carboxylic acids is 1. The van der Waals surface area contributed by atoms with Crippen molar-refractivity contribution in [1.82, 2.24) is 10.3 Å². The molecule has 0 radical (unpaired) electrons. The Kier molecular flexibility index (Phi) is 4.50. The molecule has 0 saturated carbocycles. The van der Waals surface area contributed by atoms with E-state index in [0.29, 0.717) is 0 Å². The molecular formula is C17H17F2N3O. The maximum Gasteiger partial charge on any atom is 0.257 e. The smallest absolute Gasteiger partial charge is 0.257 e. The van der Waals surface area contributed by atoms with Crippen molar-refractivity contribution in [3.8, 4) is 0 Å². The normalized spacial score (nSPS) is 14.1. The van der Waals surface area contributed by atoms with E-state index < -0.39 is 23.1 Å². The molecular weight excluding hydrogens is 300 g/mol. The quantitative estimate of drug-likeness (QED) is 0.943. The van der Waals surface area contributed by atoms with Gasteiger partial charge in [-0.3, -0.25) is 4.79 Å². The van der Waals surface area contributed by atoms with Gasteiger partial charge in [-0.15, -0.1) is 0 Å². The molecule has 0 unspecified atom stereocenters. The van der Waals surface area contributed by atoms with Crippen molar-refractivity contribution in [3.05, 3.63) is 59.3 Å². The molecule has 0 aliphatic carbocycles. The van der Waals surface area contributed by atoms with Crippen molar-refractivity contribution in [3.63, 3.8) is 0 Å². The summed E-state index contributed by atoms with van der Waals surface area (Å²) in [6.45, 7) is 2.14. The number of nitrogens with zero attached hydrogens (tertiary/aromatic N) is 2. The molecule has 1 aliphatic rings. The molecule has 0 bridgehead atoms. The Labute approximate surface area is 133 Å². The summed E-state index contributed by atoms with van der Waals surface area (Å²) in [5.41, 5.74) is 0.285. The van der Waals surface area contributed by atoms with Crippen molar-refractivity contribution in [2.75, 3.05) is 18.0 Å². The van der Waals surface area contributed by atoms with Crippen LogP contribution in [0, 0.1) is 11.6 Å². The van der Waals surface area contributed by atoms with Crippen molar-refractivity contribution in [2.24, 2.45) is 0 Å². The number of amides is 1. The zero-order chi connectivity index (χ0) is 16.2. The van der Waals surface area contributed by atoms with E-state index in [-0.39, 0.29) is 6.54 Å². The molecule has 3 rings (SSSR count). The number of nitrogens with one attached hydrogen (secondary N) is 1. The molecule has 1 N–H and O–H groups in total. The topological polar surface area (TPSA) is 45.2 Å². The largest absolute Gasteiger partial charge is 0.357 e. The summed E-state index contributed by atoms with van der Waals surface area (Å²) in [6, 6.07) is 7.03. The van der Waals surface area contributed by atoms with Crippen LogP contribution >= 0.6 is 0 Å². The van der Waals surface area contributed by atoms with Crippen LogP contribution in [0.25, 0.3) is 0 Å². The zero-order valence-corrected chi connectivity index (χ0v) is 12.6. The van der Waals surface area contributed by atoms with Gasteiger partial charge in [0.2, 0.25) is 0 Å². The van der Waals surface area contributed by atoms with Crippen LogP contribution in [0.15, 0.2) is 36.5 Å². The average Bonchev–Trinajstić information content (AvgIpc) is 3.07. The van der Waals surface area contributed by atoms with Crippen molar-refractivity contribution < 1.29 is 13.6 Å². The van der Waals surface area contributed by atoms with Crippen LogP contribution < -0.4 is 10.2 Å². The fraction of sp³-hybridized carbons (Fsp3) is 0.294. The van der Waals surface area contributed by atoms with Gasteiger partial charge in [0.1, 0.15) is 23.0 Å². The molecule has 1 aromatic carbocycles. The molecule has 1 amide bonds. The van der Waals surface area contributed by atoms with E-state index in [0.717, 1.165) is 49.4 Å². The van der Waals surface area contributed by atoms with E-state index >= 15 is 0 Å². The molecule has 1 aliphatic heterocycles. The Morgan fingerprint density at radius 3 is 2.57 bits per heavy atom. The summed E-state index contributed by atoms with van der Waals surface area (Å²) >= 11 is 0. The van der Waals surface area contributed by atoms with Gasteiger partial charge in [0.25, 0.3) is 5.91 Å². The van der Waals surface area contributed by atoms with E-state index in [9.17, 15) is 13.6 Å². The predicted octanol–water partition coefficient (Wildman–Crippen LogP) is 2.89. The Morgan fingerprint density at radius 2 is 1.87 bits per heavy atom. The highest BCUT2D eigenvalue weighted by molar-refractivity contribution is 5.94. The van der Waals surface area contributed by atoms with Gasteiger partial charge in [-0.05, 0) is 42.7 Å². The van der Waals surface area contributed by atoms with Crippen LogP contribution in [0.2, 0.25) is 0 Å². The maximum absolute atomic E-state index is 13.6. The fourth-order valence-corrected chi connectivity index (χ4v) is 2.68. The van der Waals surface area contributed by atoms with Crippen molar-refractivity contribution >= 4 is 11.7 Å². The second-order valence-corrected chi connectivity index (χ2v) is 5.50. The van der Waals surface area contributed by atoms with Crippen LogP contribution in [0.1, 0.15) is 28.8 Å². The van der Waals surface area contributed by atoms with Gasteiger partial charge < -0.3 is 10.2 Å². The third kappa shape index (κ3) is 3.47. The Morgan fingerprint density at radius 1 is 1.17 bits per heavy atom. The van der Waals surface area contributed by atoms with Crippen LogP contribution in [-0.2, 0) is 6.54 Å². The molecule has 1 fully saturated rings. The van der Waals surface area contributed by atoms with Gasteiger partial charge in [0.15, 0.2) is 0 Å². The Bertz CT molecular complexity index is 694. The van der Waals surface area contributed by atoms with E-state index in [1.807, 2.05) is 6.07 Å². The molecule has 0 atom stereocenters. The summed E-state index contributed by atoms with van der Waals surface area (Å²) in [5.74, 6) is -1.63. The van der Waals surface area contributed by atoms with Crippen LogP contribution in [0.3, 0.4) is 0 Å². The second kappa shape index (κ2) is 6.73. The number of rotatable bonds is 4. The highest BCUT2D eigenvalue weighted by atomic mass is 19.1. The number of halogens is 2. The first-order valence-electron chi connectivity index (χ1n) is 7.57. The Balaban J connectivity index is 1.68. The highest BCUT2D eigenvalue weighted by Gasteiger charge is 2.17. The number of anilines is 1. The maximum atomic E-state index is 13.6. The first-order valence-corrected chi connectivity index (χ1v) is 7.57. The van der Waals surface area contributed by atoms with Gasteiger partial charge in [-0.2, -0.15) is 0 Å². The summed E-state index contributed by atoms with van der Waals surface area (Å²) in [6.07, 6.45) is 3.98. The van der Waals surface area contributed by atoms with Gasteiger partial charge in [0.05, 0.1) is 0 Å². The average molecular weight is 317 g/mol. The minimum absolute atomic E-state index is 0.190. The molecule has 2 aromatic rings. The Hall–Kier alpha value is -2.50. The third-order valence-electron chi connectivity index (χ3n) is 3.88. The van der Waals surface area contributed by atoms with E-state index in [1.54, 1.807) is 12.3 Å². The lowest BCUT2D eigenvalue weighted by Gasteiger charge is -2.17. The number of hydrogen-bond donors (Lipinski definition) is 1. The third-order valence-corrected chi connectivity index (χ3v) is 3.88. The zero-order valence-electron chi connectivity index (χ0n) is 12.6. The summed E-state index contributed by atoms with van der Waals surface area (Å²) in [5, 5.41) is 2.55. The fourth-order valence-electron chi connectivity index (χ4n) is 2.68. The van der Waals surface area contributed by atoms with Crippen LogP contribution in [-0.4, -0.2) is 24.0 Å². The molecule has 1 aromatic heterocycles. The number of aromatic nitrogens is 1. The number of pyridine rings is 1. The lowest BCUT2D eigenvalue weighted by Crippen LogP contribution is -2.25. The van der Waals surface area contributed by atoms with Crippen LogP contribution in [0.5, 0.6) is 0 Å². The first-order chi connectivity index (χ1) is 11.1. The van der Waals surface area contributed by atoms with Gasteiger partial charge in [-0.25, -0.2) is 13.8 Å². The van der Waals surface area contributed by atoms with Gasteiger partial charge in [-0.1, -0.05) is 6.07 Å². The molecule has 23 heavy (non-hydrogen) atoms. The molecule has 4 nitrogen and oxygen atoms in total. The highest BCUT2D eigenvalue weighted by Crippen LogP contribution is 2.18. The molecule has 2 heterocycles. The lowest BCUT2D eigenvalue weighted by molar-refractivity contribution is 0.0942. The summed E-state index contributed by atoms with van der Waals surface area (Å²) < 4.78 is 27.2. The van der Waals surface area contributed by atoms with E-state index in [1.165, 1.54) is 6.07 Å². The SMILES string of the molecule is O=C(NCc1ccnc(N2CCCC2)c1)c1c(F)cccc1F. The molecule has 120 valence electrons. The number of hydrogen-bond acceptors (Lipinski definition) is 3. The lowest BCUT2D eigenvalue weighted by atomic mass is 10.1. The molecule has 1 saturated heterocycles. The first kappa shape index (κ1) is 15.4. The summed E-state index contributed by atoms with van der Waals surface area (Å²) in [7, 11) is 0. The number of benzene rings is 1. The molecule has 0 spiro atoms. The van der Waals surface area contributed by atoms with E-state index in [4.69, 9.17) is 0 Å². The minimum Gasteiger partial charge on any atom is -0.357 e. The van der Waals surface area contributed by atoms with Gasteiger partial charge >= 0.3 is 0 Å². The monoisotopic (exact) mass is 317 g/mol. The van der Waals surface area contributed by atoms with Crippen molar-refractivity contribution in [2.45, 2.75) is 19.4 Å². The summed E-state index contributed by atoms with van der Waals surface area (Å²) in [4.78, 5) is 18.5. The predicted molar refractivity (Wildman–Crippen MR) is 83.2 cm³/mol. The van der Waals surface area contributed by atoms with Crippen molar-refractivity contribution in [1.29, 1.82) is 0 Å².